The molecule has 0 atom stereocenters. The summed E-state index contributed by atoms with van der Waals surface area (Å²) in [6.45, 7) is 0. The molecule has 0 spiro atoms. The van der Waals surface area contributed by atoms with Crippen molar-refractivity contribution in [3.63, 3.8) is 0 Å². The number of hydrogen-bond donors (Lipinski definition) is 2. The quantitative estimate of drug-likeness (QED) is 0.520. The molecule has 0 radical (unpaired) electrons. The maximum absolute atomic E-state index is 6.19. The van der Waals surface area contributed by atoms with Gasteiger partial charge in [-0.1, -0.05) is 36.6 Å². The SMILES string of the molecule is Clc1ncc2nc(NNc3ccccc3Cl)n(C3CCCC3)c2n1. The van der Waals surface area contributed by atoms with Crippen molar-refractivity contribution in [3.8, 4) is 0 Å². The van der Waals surface area contributed by atoms with Crippen LogP contribution in [0.25, 0.3) is 11.2 Å². The Labute approximate surface area is 149 Å². The van der Waals surface area contributed by atoms with E-state index in [1.807, 2.05) is 24.3 Å². The molecule has 1 fully saturated rings. The molecule has 2 aromatic heterocycles. The number of benzene rings is 1. The smallest absolute Gasteiger partial charge is 0.224 e. The summed E-state index contributed by atoms with van der Waals surface area (Å²) in [5, 5.41) is 0.864. The first-order valence-electron chi connectivity index (χ1n) is 7.89. The van der Waals surface area contributed by atoms with Gasteiger partial charge in [0.25, 0.3) is 0 Å². The number of aromatic nitrogens is 4. The van der Waals surface area contributed by atoms with E-state index in [4.69, 9.17) is 23.2 Å². The fraction of sp³-hybridized carbons (Fsp3) is 0.312. The van der Waals surface area contributed by atoms with Crippen LogP contribution >= 0.6 is 23.2 Å². The van der Waals surface area contributed by atoms with Crippen molar-refractivity contribution in [3.05, 3.63) is 40.8 Å². The molecule has 0 aliphatic heterocycles. The van der Waals surface area contributed by atoms with E-state index >= 15 is 0 Å². The largest absolute Gasteiger partial charge is 0.297 e. The van der Waals surface area contributed by atoms with Gasteiger partial charge in [-0.3, -0.25) is 15.4 Å². The molecule has 0 amide bonds. The zero-order chi connectivity index (χ0) is 16.5. The Morgan fingerprint density at radius 1 is 1.04 bits per heavy atom. The number of hydrogen-bond acceptors (Lipinski definition) is 5. The van der Waals surface area contributed by atoms with E-state index in [1.165, 1.54) is 12.8 Å². The molecule has 3 aromatic rings. The zero-order valence-corrected chi connectivity index (χ0v) is 14.3. The summed E-state index contributed by atoms with van der Waals surface area (Å²) >= 11 is 12.2. The number of anilines is 2. The molecule has 0 saturated heterocycles. The average Bonchev–Trinajstić information content (AvgIpc) is 3.20. The first kappa shape index (κ1) is 15.5. The first-order chi connectivity index (χ1) is 11.7. The second-order valence-corrected chi connectivity index (χ2v) is 6.57. The van der Waals surface area contributed by atoms with Gasteiger partial charge < -0.3 is 0 Å². The Morgan fingerprint density at radius 3 is 2.62 bits per heavy atom. The summed E-state index contributed by atoms with van der Waals surface area (Å²) < 4.78 is 2.11. The second-order valence-electron chi connectivity index (χ2n) is 5.82. The molecule has 1 aromatic carbocycles. The summed E-state index contributed by atoms with van der Waals surface area (Å²) in [7, 11) is 0. The van der Waals surface area contributed by atoms with Crippen LogP contribution in [0.3, 0.4) is 0 Å². The predicted molar refractivity (Wildman–Crippen MR) is 96.5 cm³/mol. The highest BCUT2D eigenvalue weighted by atomic mass is 35.5. The Balaban J connectivity index is 1.71. The Hall–Kier alpha value is -2.05. The van der Waals surface area contributed by atoms with E-state index in [2.05, 4.69) is 30.4 Å². The van der Waals surface area contributed by atoms with Crippen molar-refractivity contribution in [2.75, 3.05) is 10.9 Å². The van der Waals surface area contributed by atoms with E-state index in [0.29, 0.717) is 17.0 Å². The van der Waals surface area contributed by atoms with Gasteiger partial charge in [0.2, 0.25) is 11.2 Å². The minimum Gasteiger partial charge on any atom is -0.297 e. The first-order valence-corrected chi connectivity index (χ1v) is 8.65. The van der Waals surface area contributed by atoms with Gasteiger partial charge in [-0.2, -0.15) is 4.98 Å². The van der Waals surface area contributed by atoms with Crippen LogP contribution in [0.5, 0.6) is 0 Å². The zero-order valence-electron chi connectivity index (χ0n) is 12.8. The number of halogens is 2. The number of hydrazine groups is 1. The van der Waals surface area contributed by atoms with Crippen molar-refractivity contribution in [2.24, 2.45) is 0 Å². The van der Waals surface area contributed by atoms with Crippen molar-refractivity contribution in [1.82, 2.24) is 19.5 Å². The molecule has 1 saturated carbocycles. The molecule has 24 heavy (non-hydrogen) atoms. The van der Waals surface area contributed by atoms with Crippen molar-refractivity contribution < 1.29 is 0 Å². The fourth-order valence-corrected chi connectivity index (χ4v) is 3.46. The van der Waals surface area contributed by atoms with Gasteiger partial charge in [0.05, 0.1) is 16.9 Å². The molecular formula is C16H16Cl2N6. The van der Waals surface area contributed by atoms with Gasteiger partial charge in [-0.15, -0.1) is 0 Å². The number of fused-ring (bicyclic) bond motifs is 1. The lowest BCUT2D eigenvalue weighted by atomic mass is 10.2. The van der Waals surface area contributed by atoms with Gasteiger partial charge in [-0.25, -0.2) is 9.97 Å². The van der Waals surface area contributed by atoms with Gasteiger partial charge in [0.15, 0.2) is 5.65 Å². The molecule has 2 heterocycles. The molecular weight excluding hydrogens is 347 g/mol. The lowest BCUT2D eigenvalue weighted by molar-refractivity contribution is 0.534. The summed E-state index contributed by atoms with van der Waals surface area (Å²) in [5.41, 5.74) is 8.54. The maximum Gasteiger partial charge on any atom is 0.224 e. The Morgan fingerprint density at radius 2 is 1.83 bits per heavy atom. The van der Waals surface area contributed by atoms with Crippen LogP contribution < -0.4 is 10.9 Å². The third-order valence-corrected chi connectivity index (χ3v) is 4.79. The number of nitrogens with one attached hydrogen (secondary N) is 2. The van der Waals surface area contributed by atoms with Gasteiger partial charge in [0.1, 0.15) is 5.52 Å². The Bertz CT molecular complexity index is 872. The highest BCUT2D eigenvalue weighted by Crippen LogP contribution is 2.35. The van der Waals surface area contributed by atoms with Crippen LogP contribution in [0.2, 0.25) is 10.3 Å². The highest BCUT2D eigenvalue weighted by molar-refractivity contribution is 6.33. The monoisotopic (exact) mass is 362 g/mol. The molecule has 2 N–H and O–H groups in total. The summed E-state index contributed by atoms with van der Waals surface area (Å²) in [6.07, 6.45) is 6.28. The molecule has 1 aliphatic rings. The topological polar surface area (TPSA) is 67.7 Å². The third-order valence-electron chi connectivity index (χ3n) is 4.28. The summed E-state index contributed by atoms with van der Waals surface area (Å²) in [4.78, 5) is 13.0. The summed E-state index contributed by atoms with van der Waals surface area (Å²) in [6, 6.07) is 7.89. The van der Waals surface area contributed by atoms with E-state index in [-0.39, 0.29) is 5.28 Å². The molecule has 1 aliphatic carbocycles. The maximum atomic E-state index is 6.19. The molecule has 8 heteroatoms. The van der Waals surface area contributed by atoms with E-state index in [9.17, 15) is 0 Å². The van der Waals surface area contributed by atoms with E-state index in [0.717, 1.165) is 29.7 Å². The number of rotatable bonds is 4. The van der Waals surface area contributed by atoms with E-state index < -0.39 is 0 Å². The average molecular weight is 363 g/mol. The van der Waals surface area contributed by atoms with Crippen molar-refractivity contribution in [2.45, 2.75) is 31.7 Å². The van der Waals surface area contributed by atoms with E-state index in [1.54, 1.807) is 6.20 Å². The summed E-state index contributed by atoms with van der Waals surface area (Å²) in [5.74, 6) is 0.688. The predicted octanol–water partition coefficient (Wildman–Crippen LogP) is 4.69. The van der Waals surface area contributed by atoms with Crippen LogP contribution in [0.15, 0.2) is 30.5 Å². The number of para-hydroxylation sites is 1. The van der Waals surface area contributed by atoms with Crippen LogP contribution in [0, 0.1) is 0 Å². The molecule has 0 unspecified atom stereocenters. The van der Waals surface area contributed by atoms with Gasteiger partial charge in [-0.05, 0) is 36.6 Å². The van der Waals surface area contributed by atoms with Crippen LogP contribution in [0.4, 0.5) is 11.6 Å². The second kappa shape index (κ2) is 6.45. The van der Waals surface area contributed by atoms with Crippen LogP contribution in [-0.4, -0.2) is 19.5 Å². The minimum absolute atomic E-state index is 0.229. The minimum atomic E-state index is 0.229. The third kappa shape index (κ3) is 2.87. The highest BCUT2D eigenvalue weighted by Gasteiger charge is 2.24. The lowest BCUT2D eigenvalue weighted by Gasteiger charge is -2.17. The lowest BCUT2D eigenvalue weighted by Crippen LogP contribution is -2.16. The number of imidazole rings is 1. The molecule has 124 valence electrons. The van der Waals surface area contributed by atoms with Gasteiger partial charge >= 0.3 is 0 Å². The molecule has 6 nitrogen and oxygen atoms in total. The Kier molecular flexibility index (Phi) is 4.16. The normalized spacial score (nSPS) is 15.1. The van der Waals surface area contributed by atoms with Crippen molar-refractivity contribution >= 4 is 46.0 Å². The standard InChI is InChI=1S/C16H16Cl2N6/c17-11-7-3-4-8-12(11)22-23-16-20-13-9-19-15(18)21-14(13)24(16)10-5-1-2-6-10/h3-4,7-10,22H,1-2,5-6H2,(H,20,23). The van der Waals surface area contributed by atoms with Crippen molar-refractivity contribution in [1.29, 1.82) is 0 Å². The van der Waals surface area contributed by atoms with Gasteiger partial charge in [0, 0.05) is 6.04 Å². The van der Waals surface area contributed by atoms with Crippen LogP contribution in [0.1, 0.15) is 31.7 Å². The molecule has 4 rings (SSSR count). The number of nitrogens with zero attached hydrogens (tertiary/aromatic N) is 4. The fourth-order valence-electron chi connectivity index (χ4n) is 3.15. The molecule has 0 bridgehead atoms. The van der Waals surface area contributed by atoms with Crippen LogP contribution in [-0.2, 0) is 0 Å².